The summed E-state index contributed by atoms with van der Waals surface area (Å²) in [6, 6.07) is 15.2. The van der Waals surface area contributed by atoms with Gasteiger partial charge in [-0.25, -0.2) is 9.97 Å². The van der Waals surface area contributed by atoms with Crippen molar-refractivity contribution in [2.75, 3.05) is 0 Å². The number of fused-ring (bicyclic) bond motifs is 9. The summed E-state index contributed by atoms with van der Waals surface area (Å²) in [6.07, 6.45) is 4.66. The summed E-state index contributed by atoms with van der Waals surface area (Å²) in [4.78, 5) is 21.1. The zero-order valence-electron chi connectivity index (χ0n) is 19.9. The molecule has 0 saturated heterocycles. The van der Waals surface area contributed by atoms with Gasteiger partial charge in [0.05, 0.1) is 22.4 Å². The van der Waals surface area contributed by atoms with Crippen LogP contribution in [-0.4, -0.2) is 24.9 Å². The zero-order chi connectivity index (χ0) is 23.7. The fraction of sp³-hybridized carbons (Fsp3) is 0.207. The van der Waals surface area contributed by atoms with Crippen LogP contribution in [0.15, 0.2) is 54.9 Å². The van der Waals surface area contributed by atoms with Gasteiger partial charge in [0, 0.05) is 41.1 Å². The van der Waals surface area contributed by atoms with E-state index in [2.05, 4.69) is 78.2 Å². The number of imidazole rings is 2. The minimum atomic E-state index is 0.322. The summed E-state index contributed by atoms with van der Waals surface area (Å²) in [5, 5.41) is 4.59. The Hall–Kier alpha value is -4.19. The summed E-state index contributed by atoms with van der Waals surface area (Å²) >= 11 is 0. The van der Waals surface area contributed by atoms with Gasteiger partial charge in [-0.1, -0.05) is 39.0 Å². The highest BCUT2D eigenvalue weighted by Crippen LogP contribution is 2.41. The summed E-state index contributed by atoms with van der Waals surface area (Å²) in [7, 11) is 0. The van der Waals surface area contributed by atoms with E-state index < -0.39 is 0 Å². The normalized spacial score (nSPS) is 12.9. The molecule has 0 atom stereocenters. The topological polar surface area (TPSA) is 79.5 Å². The first-order valence-corrected chi connectivity index (χ1v) is 12.1. The van der Waals surface area contributed by atoms with Gasteiger partial charge in [-0.2, -0.15) is 0 Å². The smallest absolute Gasteiger partial charge is 0.130 e. The maximum Gasteiger partial charge on any atom is 0.130 e. The number of pyridine rings is 1. The standard InChI is InChI=1S/C29H25N5O/c1-4-25-31-23-14-35-24-12-17(6-8-20(24)26(23)32-25)16-5-7-19-21(11-16)18-9-10-30-13-22(18)28-27(19)33-29(34-28)15(2)3/h5-13,15H,4,14H2,1-3H3,(H,31,32)(H,33,34). The molecule has 0 spiro atoms. The Bertz CT molecular complexity index is 1780. The van der Waals surface area contributed by atoms with Crippen LogP contribution in [0.5, 0.6) is 5.75 Å². The van der Waals surface area contributed by atoms with E-state index in [4.69, 9.17) is 14.7 Å². The number of aryl methyl sites for hydroxylation is 1. The fourth-order valence-corrected chi connectivity index (χ4v) is 5.16. The highest BCUT2D eigenvalue weighted by Gasteiger charge is 2.22. The molecule has 0 bridgehead atoms. The monoisotopic (exact) mass is 459 g/mol. The minimum Gasteiger partial charge on any atom is -0.487 e. The third-order valence-electron chi connectivity index (χ3n) is 7.03. The Morgan fingerprint density at radius 1 is 0.914 bits per heavy atom. The van der Waals surface area contributed by atoms with Crippen LogP contribution in [0.1, 0.15) is 44.0 Å². The van der Waals surface area contributed by atoms with Crippen LogP contribution in [0.2, 0.25) is 0 Å². The molecule has 0 fully saturated rings. The van der Waals surface area contributed by atoms with Crippen molar-refractivity contribution >= 4 is 32.6 Å². The summed E-state index contributed by atoms with van der Waals surface area (Å²) in [5.74, 6) is 3.20. The highest BCUT2D eigenvalue weighted by atomic mass is 16.5. The third kappa shape index (κ3) is 2.99. The van der Waals surface area contributed by atoms with E-state index in [1.54, 1.807) is 0 Å². The lowest BCUT2D eigenvalue weighted by Crippen LogP contribution is -2.05. The largest absolute Gasteiger partial charge is 0.487 e. The second-order valence-corrected chi connectivity index (χ2v) is 9.55. The van der Waals surface area contributed by atoms with Gasteiger partial charge in [-0.15, -0.1) is 0 Å². The average Bonchev–Trinajstić information content (AvgIpc) is 3.53. The minimum absolute atomic E-state index is 0.322. The predicted octanol–water partition coefficient (Wildman–Crippen LogP) is 6.90. The number of nitrogens with zero attached hydrogens (tertiary/aromatic N) is 3. The summed E-state index contributed by atoms with van der Waals surface area (Å²) in [6.45, 7) is 6.94. The van der Waals surface area contributed by atoms with E-state index in [0.29, 0.717) is 12.5 Å². The van der Waals surface area contributed by atoms with Gasteiger partial charge in [0.2, 0.25) is 0 Å². The van der Waals surface area contributed by atoms with Crippen LogP contribution in [0, 0.1) is 0 Å². The average molecular weight is 460 g/mol. The number of aromatic amines is 2. The van der Waals surface area contributed by atoms with Gasteiger partial charge in [-0.05, 0) is 46.2 Å². The Labute approximate surface area is 202 Å². The molecule has 1 aliphatic heterocycles. The number of hydrogen-bond donors (Lipinski definition) is 2. The molecule has 0 amide bonds. The Morgan fingerprint density at radius 2 is 1.77 bits per heavy atom. The molecule has 0 aliphatic carbocycles. The molecule has 3 aromatic carbocycles. The van der Waals surface area contributed by atoms with Gasteiger partial charge in [0.25, 0.3) is 0 Å². The fourth-order valence-electron chi connectivity index (χ4n) is 5.16. The van der Waals surface area contributed by atoms with E-state index in [-0.39, 0.29) is 0 Å². The summed E-state index contributed by atoms with van der Waals surface area (Å²) in [5.41, 5.74) is 7.43. The van der Waals surface area contributed by atoms with Crippen molar-refractivity contribution in [1.82, 2.24) is 24.9 Å². The Morgan fingerprint density at radius 3 is 2.63 bits per heavy atom. The third-order valence-corrected chi connectivity index (χ3v) is 7.03. The summed E-state index contributed by atoms with van der Waals surface area (Å²) < 4.78 is 6.12. The molecule has 7 rings (SSSR count). The van der Waals surface area contributed by atoms with E-state index in [9.17, 15) is 0 Å². The number of ether oxygens (including phenoxy) is 1. The van der Waals surface area contributed by atoms with E-state index in [1.165, 1.54) is 10.8 Å². The van der Waals surface area contributed by atoms with Crippen molar-refractivity contribution in [2.24, 2.45) is 0 Å². The first kappa shape index (κ1) is 20.2. The van der Waals surface area contributed by atoms with Crippen LogP contribution in [0.4, 0.5) is 0 Å². The molecule has 35 heavy (non-hydrogen) atoms. The lowest BCUT2D eigenvalue weighted by molar-refractivity contribution is 0.298. The van der Waals surface area contributed by atoms with Crippen molar-refractivity contribution in [3.8, 4) is 28.1 Å². The molecule has 3 aromatic heterocycles. The molecule has 0 saturated carbocycles. The molecule has 6 nitrogen and oxygen atoms in total. The maximum absolute atomic E-state index is 6.12. The van der Waals surface area contributed by atoms with Gasteiger partial charge in [-0.3, -0.25) is 4.98 Å². The number of aromatic nitrogens is 5. The number of rotatable bonds is 3. The second kappa shape index (κ2) is 7.40. The Kier molecular flexibility index (Phi) is 4.27. The molecular formula is C29H25N5O. The van der Waals surface area contributed by atoms with Crippen molar-refractivity contribution in [3.63, 3.8) is 0 Å². The van der Waals surface area contributed by atoms with E-state index >= 15 is 0 Å². The molecule has 172 valence electrons. The van der Waals surface area contributed by atoms with Crippen molar-refractivity contribution in [3.05, 3.63) is 72.2 Å². The van der Waals surface area contributed by atoms with Crippen molar-refractivity contribution < 1.29 is 4.74 Å². The lowest BCUT2D eigenvalue weighted by atomic mass is 9.95. The number of benzene rings is 3. The zero-order valence-corrected chi connectivity index (χ0v) is 19.9. The molecule has 6 heteroatoms. The van der Waals surface area contributed by atoms with Crippen LogP contribution >= 0.6 is 0 Å². The Balaban J connectivity index is 1.42. The maximum atomic E-state index is 6.12. The van der Waals surface area contributed by atoms with Crippen molar-refractivity contribution in [2.45, 2.75) is 39.7 Å². The van der Waals surface area contributed by atoms with E-state index in [1.807, 2.05) is 12.4 Å². The molecule has 0 unspecified atom stereocenters. The van der Waals surface area contributed by atoms with Crippen molar-refractivity contribution in [1.29, 1.82) is 0 Å². The van der Waals surface area contributed by atoms with Crippen LogP contribution < -0.4 is 4.74 Å². The second-order valence-electron chi connectivity index (χ2n) is 9.55. The van der Waals surface area contributed by atoms with Gasteiger partial charge < -0.3 is 14.7 Å². The predicted molar refractivity (Wildman–Crippen MR) is 140 cm³/mol. The first-order chi connectivity index (χ1) is 17.1. The van der Waals surface area contributed by atoms with Gasteiger partial charge in [0.15, 0.2) is 0 Å². The molecule has 2 N–H and O–H groups in total. The lowest BCUT2D eigenvalue weighted by Gasteiger charge is -2.18. The first-order valence-electron chi connectivity index (χ1n) is 12.1. The number of hydrogen-bond acceptors (Lipinski definition) is 4. The number of H-pyrrole nitrogens is 2. The van der Waals surface area contributed by atoms with Gasteiger partial charge >= 0.3 is 0 Å². The van der Waals surface area contributed by atoms with Crippen LogP contribution in [0.25, 0.3) is 55.0 Å². The van der Waals surface area contributed by atoms with Crippen LogP contribution in [0.3, 0.4) is 0 Å². The molecule has 0 radical (unpaired) electrons. The molecule has 6 aromatic rings. The molecular weight excluding hydrogens is 434 g/mol. The molecule has 4 heterocycles. The SMILES string of the molecule is CCc1nc2c([nH]1)COc1cc(-c3ccc4c(c3)c3ccncc3c3nc(C(C)C)[nH]c43)ccc1-2. The molecule has 1 aliphatic rings. The van der Waals surface area contributed by atoms with Crippen LogP contribution in [-0.2, 0) is 13.0 Å². The quantitative estimate of drug-likeness (QED) is 0.282. The van der Waals surface area contributed by atoms with Gasteiger partial charge in [0.1, 0.15) is 24.0 Å². The number of nitrogens with one attached hydrogen (secondary N) is 2. The van der Waals surface area contributed by atoms with E-state index in [0.717, 1.165) is 73.7 Å². The highest BCUT2D eigenvalue weighted by molar-refractivity contribution is 6.23.